The van der Waals surface area contributed by atoms with Crippen molar-refractivity contribution in [2.45, 2.75) is 135 Å². The number of carbonyl (C=O) groups excluding carboxylic acids is 8. The lowest BCUT2D eigenvalue weighted by atomic mass is 9.89. The number of amides is 5. The molecule has 522 valence electrons. The van der Waals surface area contributed by atoms with E-state index in [1.54, 1.807) is 69.3 Å². The monoisotopic (exact) mass is 1360 g/mol. The van der Waals surface area contributed by atoms with E-state index < -0.39 is 60.0 Å². The van der Waals surface area contributed by atoms with E-state index >= 15 is 0 Å². The van der Waals surface area contributed by atoms with Gasteiger partial charge < -0.3 is 59.1 Å². The summed E-state index contributed by atoms with van der Waals surface area (Å²) in [6.07, 6.45) is 4.32. The maximum absolute atomic E-state index is 14.5. The van der Waals surface area contributed by atoms with Crippen LogP contribution in [0.2, 0.25) is 0 Å². The molecule has 4 N–H and O–H groups in total. The Kier molecular flexibility index (Phi) is 22.7. The molecule has 5 aliphatic rings. The average Bonchev–Trinajstić information content (AvgIpc) is 1.56. The summed E-state index contributed by atoms with van der Waals surface area (Å²) in [7, 11) is 4.59. The van der Waals surface area contributed by atoms with Crippen molar-refractivity contribution in [1.82, 2.24) is 20.9 Å². The highest BCUT2D eigenvalue weighted by molar-refractivity contribution is 6.06. The Hall–Kier alpha value is -10.5. The quantitative estimate of drug-likeness (QED) is 0.0223. The summed E-state index contributed by atoms with van der Waals surface area (Å²) in [4.78, 5) is 112. The molecule has 21 heteroatoms. The highest BCUT2D eigenvalue weighted by Gasteiger charge is 2.58. The molecule has 2 unspecified atom stereocenters. The second-order valence-corrected chi connectivity index (χ2v) is 26.6. The molecule has 1 saturated heterocycles. The van der Waals surface area contributed by atoms with Crippen LogP contribution in [0.3, 0.4) is 0 Å². The standard InChI is InChI=1S/C79H85N5O16/c1-48(2)61(39-58(85)45-80-72(87)30-31-73(88)100-67-37-55-16-8-7-14-52(55)24-25-54-15-11-12-19-60(54)67)75(90)82-49(3)66(86)36-50-20-22-51(23-21-50)46-99-78(93)84-64-42-71(69(96-6)41-63(64)76(91)83-47-79(32-33-79)43-65(83)77(84)92)98-35-13-34-97-70-38-56-17-9-10-18-57(53-26-28-59(94-4)29-27-53)44-81-74(89)62(56)40-68(70)95-5/h7-8,11-12,14-16,19-23,26-29,38,40-42,44,48-49,61,65,67,77,92H,9-10,13,17-18,30-37,39,43,45-47H2,1-6H3,(H,80,87)(H,81,89)(H,82,90)/b57-44+/t49-,61-,65-,67?,77?/m0/s1. The van der Waals surface area contributed by atoms with Gasteiger partial charge >= 0.3 is 12.1 Å². The maximum Gasteiger partial charge on any atom is 0.416 e. The fourth-order valence-corrected chi connectivity index (χ4v) is 13.3. The SMILES string of the molecule is COc1ccc(/C2=C/NC(=O)c3cc(OC)c(OCCCOc4cc5c(cc4OC)C(=O)N4CC6(CC6)C[C@H]4C(O)N5C(=O)OCc4ccc(CC(=O)[C@H](C)NC(=O)[C@@H](CC(=O)CNC(=O)CCC(=O)OC5Cc6ccccc6C#Cc6ccccc65)C(C)C)cc4)cc3CCCC2)cc1. The minimum atomic E-state index is -1.48. The first kappa shape index (κ1) is 70.8. The van der Waals surface area contributed by atoms with Gasteiger partial charge in [-0.3, -0.25) is 33.6 Å². The number of Topliss-reactive ketones (excluding diaryl/α,β-unsaturated/α-hetero) is 2. The number of nitrogens with zero attached hydrogens (tertiary/aromatic N) is 2. The van der Waals surface area contributed by atoms with Gasteiger partial charge in [-0.15, -0.1) is 0 Å². The molecule has 5 atom stereocenters. The number of ketones is 2. The number of allylic oxidation sites excluding steroid dienone is 1. The molecule has 6 aromatic rings. The van der Waals surface area contributed by atoms with Crippen molar-refractivity contribution >= 4 is 58.5 Å². The Morgan fingerprint density at radius 3 is 2.11 bits per heavy atom. The summed E-state index contributed by atoms with van der Waals surface area (Å²) < 4.78 is 41.2. The van der Waals surface area contributed by atoms with E-state index in [1.807, 2.05) is 78.9 Å². The molecule has 100 heavy (non-hydrogen) atoms. The summed E-state index contributed by atoms with van der Waals surface area (Å²) in [5.74, 6) is 4.44. The number of benzene rings is 6. The maximum atomic E-state index is 14.5. The summed E-state index contributed by atoms with van der Waals surface area (Å²) >= 11 is 0. The number of anilines is 1. The second kappa shape index (κ2) is 32.0. The van der Waals surface area contributed by atoms with Gasteiger partial charge in [0.1, 0.15) is 18.5 Å². The molecule has 0 bridgehead atoms. The normalized spacial score (nSPS) is 18.2. The van der Waals surface area contributed by atoms with Crippen LogP contribution in [-0.2, 0) is 59.3 Å². The number of esters is 1. The third kappa shape index (κ3) is 17.0. The Morgan fingerprint density at radius 1 is 0.730 bits per heavy atom. The predicted octanol–water partition coefficient (Wildman–Crippen LogP) is 10.5. The molecule has 1 spiro atoms. The highest BCUT2D eigenvalue weighted by Crippen LogP contribution is 2.57. The number of fused-ring (bicyclic) bond motifs is 5. The minimum absolute atomic E-state index is 0.0500. The fourth-order valence-electron chi connectivity index (χ4n) is 13.3. The van der Waals surface area contributed by atoms with Gasteiger partial charge in [0.15, 0.2) is 40.8 Å². The summed E-state index contributed by atoms with van der Waals surface area (Å²) in [5, 5.41) is 20.5. The fraction of sp³-hybridized carbons (Fsp3) is 0.392. The van der Waals surface area contributed by atoms with E-state index in [9.17, 15) is 43.5 Å². The number of aliphatic hydroxyl groups is 1. The first-order valence-corrected chi connectivity index (χ1v) is 34.2. The lowest BCUT2D eigenvalue weighted by Crippen LogP contribution is -2.50. The largest absolute Gasteiger partial charge is 0.497 e. The number of hydrogen-bond donors (Lipinski definition) is 4. The molecule has 2 fully saturated rings. The molecule has 3 heterocycles. The first-order chi connectivity index (χ1) is 48.3. The Balaban J connectivity index is 0.659. The van der Waals surface area contributed by atoms with Gasteiger partial charge in [0.05, 0.1) is 70.8 Å². The number of hydrogen-bond acceptors (Lipinski definition) is 16. The van der Waals surface area contributed by atoms with Crippen LogP contribution >= 0.6 is 0 Å². The number of nitrogens with one attached hydrogen (secondary N) is 3. The molecule has 1 saturated carbocycles. The number of ether oxygens (including phenoxy) is 7. The van der Waals surface area contributed by atoms with E-state index in [0.29, 0.717) is 60.4 Å². The van der Waals surface area contributed by atoms with Gasteiger partial charge in [-0.25, -0.2) is 9.69 Å². The lowest BCUT2D eigenvalue weighted by Gasteiger charge is -2.31. The minimum Gasteiger partial charge on any atom is -0.497 e. The molecule has 2 aliphatic carbocycles. The van der Waals surface area contributed by atoms with Crippen molar-refractivity contribution in [3.05, 3.63) is 183 Å². The van der Waals surface area contributed by atoms with Crippen LogP contribution in [0.25, 0.3) is 5.57 Å². The molecule has 5 amide bonds. The molecule has 21 nitrogen and oxygen atoms in total. The zero-order valence-electron chi connectivity index (χ0n) is 57.3. The van der Waals surface area contributed by atoms with E-state index in [0.717, 1.165) is 81.7 Å². The Bertz CT molecular complexity index is 4170. The van der Waals surface area contributed by atoms with Gasteiger partial charge in [0.25, 0.3) is 11.8 Å². The van der Waals surface area contributed by atoms with Crippen LogP contribution in [0, 0.1) is 29.1 Å². The van der Waals surface area contributed by atoms with Crippen molar-refractivity contribution in [2.75, 3.05) is 52.5 Å². The van der Waals surface area contributed by atoms with Gasteiger partial charge in [-0.05, 0) is 139 Å². The Labute approximate surface area is 582 Å². The van der Waals surface area contributed by atoms with E-state index in [-0.39, 0.29) is 104 Å². The van der Waals surface area contributed by atoms with Crippen molar-refractivity contribution in [3.63, 3.8) is 0 Å². The average molecular weight is 1360 g/mol. The lowest BCUT2D eigenvalue weighted by molar-refractivity contribution is -0.150. The van der Waals surface area contributed by atoms with Gasteiger partial charge in [0, 0.05) is 79.1 Å². The van der Waals surface area contributed by atoms with Crippen LogP contribution in [0.4, 0.5) is 10.5 Å². The van der Waals surface area contributed by atoms with Crippen molar-refractivity contribution in [1.29, 1.82) is 0 Å². The van der Waals surface area contributed by atoms with Gasteiger partial charge in [0.2, 0.25) is 11.8 Å². The Morgan fingerprint density at radius 2 is 1.40 bits per heavy atom. The number of aryl methyl sites for hydroxylation is 1. The van der Waals surface area contributed by atoms with Crippen LogP contribution in [0.1, 0.15) is 156 Å². The second-order valence-electron chi connectivity index (χ2n) is 26.6. The van der Waals surface area contributed by atoms with E-state index in [1.165, 1.54) is 26.4 Å². The summed E-state index contributed by atoms with van der Waals surface area (Å²) in [6.45, 7) is 5.31. The van der Waals surface area contributed by atoms with Crippen molar-refractivity contribution in [3.8, 4) is 40.6 Å². The van der Waals surface area contributed by atoms with Crippen molar-refractivity contribution < 1.29 is 76.6 Å². The van der Waals surface area contributed by atoms with E-state index in [4.69, 9.17) is 33.2 Å². The topological polar surface area (TPSA) is 264 Å². The zero-order valence-corrected chi connectivity index (χ0v) is 57.3. The molecular formula is C79H85N5O16. The molecule has 0 aromatic heterocycles. The van der Waals surface area contributed by atoms with Gasteiger partial charge in [-0.1, -0.05) is 98.5 Å². The number of aliphatic hydroxyl groups excluding tert-OH is 1. The van der Waals surface area contributed by atoms with Crippen LogP contribution in [0.5, 0.6) is 28.7 Å². The number of methoxy groups -OCH3 is 3. The van der Waals surface area contributed by atoms with Crippen LogP contribution < -0.4 is 44.5 Å². The van der Waals surface area contributed by atoms with Crippen LogP contribution in [-0.4, -0.2) is 123 Å². The summed E-state index contributed by atoms with van der Waals surface area (Å²) in [6, 6.07) is 34.7. The zero-order chi connectivity index (χ0) is 70.6. The van der Waals surface area contributed by atoms with Gasteiger partial charge in [-0.2, -0.15) is 0 Å². The molecule has 6 aromatic carbocycles. The molecular weight excluding hydrogens is 1270 g/mol. The third-order valence-electron chi connectivity index (χ3n) is 19.3. The first-order valence-electron chi connectivity index (χ1n) is 34.2. The molecule has 11 rings (SSSR count). The van der Waals surface area contributed by atoms with Crippen molar-refractivity contribution in [2.24, 2.45) is 17.3 Å². The predicted molar refractivity (Wildman–Crippen MR) is 372 cm³/mol. The van der Waals surface area contributed by atoms with E-state index in [2.05, 4.69) is 27.8 Å². The smallest absolute Gasteiger partial charge is 0.416 e. The number of rotatable bonds is 26. The third-order valence-corrected chi connectivity index (χ3v) is 19.3. The number of carbonyl (C=O) groups is 8. The molecule has 3 aliphatic heterocycles. The highest BCUT2D eigenvalue weighted by atomic mass is 16.6. The van der Waals surface area contributed by atoms with Crippen LogP contribution in [0.15, 0.2) is 128 Å². The molecule has 0 radical (unpaired) electrons. The summed E-state index contributed by atoms with van der Waals surface area (Å²) in [5.41, 5.74) is 7.91.